The maximum absolute atomic E-state index is 13.4. The van der Waals surface area contributed by atoms with Crippen molar-refractivity contribution in [3.8, 4) is 5.75 Å². The van der Waals surface area contributed by atoms with Crippen molar-refractivity contribution in [2.24, 2.45) is 0 Å². The van der Waals surface area contributed by atoms with Crippen molar-refractivity contribution in [3.63, 3.8) is 0 Å². The normalized spacial score (nSPS) is 17.6. The third kappa shape index (κ3) is 4.25. The molecule has 0 aliphatic carbocycles. The quantitative estimate of drug-likeness (QED) is 0.252. The molecular weight excluding hydrogens is 442 g/mol. The van der Waals surface area contributed by atoms with E-state index in [2.05, 4.69) is 13.8 Å². The molecule has 1 unspecified atom stereocenters. The average molecular weight is 474 g/mol. The lowest BCUT2D eigenvalue weighted by molar-refractivity contribution is -0.132. The molecule has 4 rings (SSSR count). The Hall–Kier alpha value is -3.80. The van der Waals surface area contributed by atoms with E-state index in [0.29, 0.717) is 28.7 Å². The number of carbonyl (C=O) groups excluding carboxylic acids is 2. The molecule has 1 aliphatic heterocycles. The first-order valence-electron chi connectivity index (χ1n) is 11.8. The molecule has 6 nitrogen and oxygen atoms in total. The molecule has 0 radical (unpaired) electrons. The van der Waals surface area contributed by atoms with E-state index < -0.39 is 17.7 Å². The summed E-state index contributed by atoms with van der Waals surface area (Å²) in [6.45, 7) is 10.1. The van der Waals surface area contributed by atoms with E-state index in [4.69, 9.17) is 9.15 Å². The summed E-state index contributed by atoms with van der Waals surface area (Å²) in [5.41, 5.74) is 3.79. The number of rotatable bonds is 6. The molecule has 1 amide bonds. The molecule has 0 saturated carbocycles. The van der Waals surface area contributed by atoms with Crippen LogP contribution in [0.3, 0.4) is 0 Å². The molecule has 6 heteroatoms. The van der Waals surface area contributed by atoms with Crippen LogP contribution >= 0.6 is 0 Å². The number of amides is 1. The highest BCUT2D eigenvalue weighted by Gasteiger charge is 2.48. The fraction of sp³-hybridized carbons (Fsp3) is 0.310. The summed E-state index contributed by atoms with van der Waals surface area (Å²) in [5, 5.41) is 11.5. The van der Waals surface area contributed by atoms with Crippen molar-refractivity contribution in [2.45, 2.75) is 52.5 Å². The number of nitrogens with zero attached hydrogens (tertiary/aromatic N) is 1. The number of Topliss-reactive ketones (excluding diaryl/α,β-unsaturated/α-hetero) is 1. The predicted octanol–water partition coefficient (Wildman–Crippen LogP) is 6.47. The molecule has 3 aromatic rings. The summed E-state index contributed by atoms with van der Waals surface area (Å²) < 4.78 is 11.2. The SMILES string of the molecule is COc1cc(C)c(/C(O)=C2\C(=O)C(=O)N(c3ccc(C(C)C)cc3)C2c2ccco2)cc1C(C)C. The topological polar surface area (TPSA) is 80.0 Å². The Labute approximate surface area is 205 Å². The third-order valence-electron chi connectivity index (χ3n) is 6.55. The first-order valence-corrected chi connectivity index (χ1v) is 11.8. The third-order valence-corrected chi connectivity index (χ3v) is 6.55. The minimum absolute atomic E-state index is 0.000795. The number of carbonyl (C=O) groups is 2. The number of hydrogen-bond acceptors (Lipinski definition) is 5. The summed E-state index contributed by atoms with van der Waals surface area (Å²) in [6.07, 6.45) is 1.49. The van der Waals surface area contributed by atoms with E-state index in [0.717, 1.165) is 16.7 Å². The van der Waals surface area contributed by atoms with Crippen molar-refractivity contribution in [1.29, 1.82) is 0 Å². The van der Waals surface area contributed by atoms with Crippen LogP contribution in [0, 0.1) is 6.92 Å². The van der Waals surface area contributed by atoms with Crippen LogP contribution in [-0.2, 0) is 9.59 Å². The van der Waals surface area contributed by atoms with Crippen LogP contribution in [0.15, 0.2) is 64.8 Å². The molecule has 1 N–H and O–H groups in total. The number of ketones is 1. The Balaban J connectivity index is 1.92. The molecule has 2 aromatic carbocycles. The van der Waals surface area contributed by atoms with Gasteiger partial charge in [0.2, 0.25) is 0 Å². The lowest BCUT2D eigenvalue weighted by Crippen LogP contribution is -2.29. The van der Waals surface area contributed by atoms with Gasteiger partial charge in [0.25, 0.3) is 11.7 Å². The van der Waals surface area contributed by atoms with Crippen LogP contribution in [-0.4, -0.2) is 23.9 Å². The number of anilines is 1. The Morgan fingerprint density at radius 3 is 2.26 bits per heavy atom. The maximum atomic E-state index is 13.4. The summed E-state index contributed by atoms with van der Waals surface area (Å²) in [6, 6.07) is 13.7. The van der Waals surface area contributed by atoms with Crippen LogP contribution in [0.5, 0.6) is 5.75 Å². The van der Waals surface area contributed by atoms with Crippen LogP contribution < -0.4 is 9.64 Å². The number of hydrogen-bond donors (Lipinski definition) is 1. The molecule has 0 spiro atoms. The second-order valence-electron chi connectivity index (χ2n) is 9.49. The van der Waals surface area contributed by atoms with Gasteiger partial charge in [-0.1, -0.05) is 39.8 Å². The van der Waals surface area contributed by atoms with Gasteiger partial charge in [0.15, 0.2) is 0 Å². The highest BCUT2D eigenvalue weighted by molar-refractivity contribution is 6.51. The zero-order valence-corrected chi connectivity index (χ0v) is 21.0. The fourth-order valence-electron chi connectivity index (χ4n) is 4.56. The largest absolute Gasteiger partial charge is 0.507 e. The highest BCUT2D eigenvalue weighted by Crippen LogP contribution is 2.43. The lowest BCUT2D eigenvalue weighted by atomic mass is 9.92. The second-order valence-corrected chi connectivity index (χ2v) is 9.49. The Bertz CT molecular complexity index is 1280. The second kappa shape index (κ2) is 9.45. The Morgan fingerprint density at radius 2 is 1.71 bits per heavy atom. The van der Waals surface area contributed by atoms with E-state index in [1.807, 2.05) is 57.2 Å². The van der Waals surface area contributed by atoms with Crippen molar-refractivity contribution in [2.75, 3.05) is 12.0 Å². The number of aliphatic hydroxyl groups excluding tert-OH is 1. The molecule has 1 atom stereocenters. The minimum Gasteiger partial charge on any atom is -0.507 e. The monoisotopic (exact) mass is 473 g/mol. The molecule has 1 fully saturated rings. The average Bonchev–Trinajstić information content (AvgIpc) is 3.45. The summed E-state index contributed by atoms with van der Waals surface area (Å²) >= 11 is 0. The number of aryl methyl sites for hydroxylation is 1. The van der Waals surface area contributed by atoms with Gasteiger partial charge in [-0.25, -0.2) is 0 Å². The minimum atomic E-state index is -0.890. The van der Waals surface area contributed by atoms with Crippen LogP contribution in [0.1, 0.15) is 73.6 Å². The number of methoxy groups -OCH3 is 1. The highest BCUT2D eigenvalue weighted by atomic mass is 16.5. The van der Waals surface area contributed by atoms with Crippen LogP contribution in [0.25, 0.3) is 5.76 Å². The van der Waals surface area contributed by atoms with Gasteiger partial charge in [0, 0.05) is 11.3 Å². The Kier molecular flexibility index (Phi) is 6.57. The van der Waals surface area contributed by atoms with Crippen molar-refractivity contribution >= 4 is 23.1 Å². The molecule has 182 valence electrons. The number of ether oxygens (including phenoxy) is 1. The van der Waals surface area contributed by atoms with Crippen LogP contribution in [0.4, 0.5) is 5.69 Å². The number of aliphatic hydroxyl groups is 1. The Morgan fingerprint density at radius 1 is 1.03 bits per heavy atom. The van der Waals surface area contributed by atoms with E-state index >= 15 is 0 Å². The smallest absolute Gasteiger partial charge is 0.300 e. The van der Waals surface area contributed by atoms with E-state index in [1.54, 1.807) is 19.2 Å². The van der Waals surface area contributed by atoms with Gasteiger partial charge in [-0.15, -0.1) is 0 Å². The van der Waals surface area contributed by atoms with Crippen molar-refractivity contribution in [1.82, 2.24) is 0 Å². The molecule has 1 aliphatic rings. The molecular formula is C29H31NO5. The summed E-state index contributed by atoms with van der Waals surface area (Å²) in [4.78, 5) is 28.1. The first-order chi connectivity index (χ1) is 16.6. The molecule has 35 heavy (non-hydrogen) atoms. The van der Waals surface area contributed by atoms with Gasteiger partial charge in [-0.3, -0.25) is 14.5 Å². The zero-order chi connectivity index (χ0) is 25.4. The van der Waals surface area contributed by atoms with Gasteiger partial charge >= 0.3 is 0 Å². The summed E-state index contributed by atoms with van der Waals surface area (Å²) in [5.74, 6) is -0.128. The van der Waals surface area contributed by atoms with E-state index in [9.17, 15) is 14.7 Å². The van der Waals surface area contributed by atoms with Gasteiger partial charge < -0.3 is 14.3 Å². The molecule has 1 aromatic heterocycles. The van der Waals surface area contributed by atoms with Crippen molar-refractivity contribution < 1.29 is 23.8 Å². The van der Waals surface area contributed by atoms with Gasteiger partial charge in [0.1, 0.15) is 23.3 Å². The predicted molar refractivity (Wildman–Crippen MR) is 136 cm³/mol. The molecule has 1 saturated heterocycles. The van der Waals surface area contributed by atoms with Crippen molar-refractivity contribution in [3.05, 3.63) is 88.4 Å². The van der Waals surface area contributed by atoms with Gasteiger partial charge in [0.05, 0.1) is 18.9 Å². The first kappa shape index (κ1) is 24.3. The number of furan rings is 1. The zero-order valence-electron chi connectivity index (χ0n) is 21.0. The van der Waals surface area contributed by atoms with Gasteiger partial charge in [-0.05, 0) is 71.8 Å². The standard InChI is InChI=1S/C29H31NO5/c1-16(2)19-9-11-20(12-10-19)30-26(23-8-7-13-35-23)25(28(32)29(30)33)27(31)22-15-21(17(3)4)24(34-6)14-18(22)5/h7-17,26,31H,1-6H3/b27-25+. The van der Waals surface area contributed by atoms with E-state index in [1.165, 1.54) is 11.2 Å². The molecule has 2 heterocycles. The van der Waals surface area contributed by atoms with Gasteiger partial charge in [-0.2, -0.15) is 0 Å². The lowest BCUT2D eigenvalue weighted by Gasteiger charge is -2.24. The maximum Gasteiger partial charge on any atom is 0.300 e. The fourth-order valence-corrected chi connectivity index (χ4v) is 4.56. The molecule has 0 bridgehead atoms. The number of benzene rings is 2. The van der Waals surface area contributed by atoms with Crippen LogP contribution in [0.2, 0.25) is 0 Å². The summed E-state index contributed by atoms with van der Waals surface area (Å²) in [7, 11) is 1.60. The van der Waals surface area contributed by atoms with E-state index in [-0.39, 0.29) is 17.3 Å².